The zero-order chi connectivity index (χ0) is 18.5. The predicted octanol–water partition coefficient (Wildman–Crippen LogP) is 3.81. The van der Waals surface area contributed by atoms with E-state index in [0.29, 0.717) is 28.9 Å². The van der Waals surface area contributed by atoms with Crippen LogP contribution in [-0.4, -0.2) is 34.6 Å². The molecule has 0 spiro atoms. The van der Waals surface area contributed by atoms with Crippen molar-refractivity contribution in [3.05, 3.63) is 57.9 Å². The summed E-state index contributed by atoms with van der Waals surface area (Å²) in [6.45, 7) is 2.86. The molecule has 1 atom stereocenters. The first-order chi connectivity index (χ1) is 12.5. The average Bonchev–Trinajstić information content (AvgIpc) is 3.25. The van der Waals surface area contributed by atoms with Crippen molar-refractivity contribution in [2.45, 2.75) is 19.6 Å². The summed E-state index contributed by atoms with van der Waals surface area (Å²) in [6, 6.07) is 8.92. The van der Waals surface area contributed by atoms with Crippen LogP contribution in [0.2, 0.25) is 10.0 Å². The molecule has 1 aromatic carbocycles. The number of aromatic nitrogens is 2. The molecule has 26 heavy (non-hydrogen) atoms. The number of nitrogens with one attached hydrogen (secondary N) is 2. The Balaban J connectivity index is 1.48. The lowest BCUT2D eigenvalue weighted by Gasteiger charge is -2.14. The number of aliphatic hydroxyl groups is 1. The first kappa shape index (κ1) is 18.8. The van der Waals surface area contributed by atoms with E-state index >= 15 is 0 Å². The largest absolute Gasteiger partial charge is 0.489 e. The lowest BCUT2D eigenvalue weighted by molar-refractivity contribution is 0.106. The van der Waals surface area contributed by atoms with Gasteiger partial charge in [-0.1, -0.05) is 29.3 Å². The third-order valence-electron chi connectivity index (χ3n) is 3.75. The van der Waals surface area contributed by atoms with Crippen LogP contribution in [0.15, 0.2) is 40.9 Å². The molecule has 0 aliphatic carbocycles. The summed E-state index contributed by atoms with van der Waals surface area (Å²) in [5, 5.41) is 21.0. The third-order valence-corrected chi connectivity index (χ3v) is 4.55. The van der Waals surface area contributed by atoms with Crippen LogP contribution < -0.4 is 10.1 Å². The molecule has 0 fully saturated rings. The zero-order valence-electron chi connectivity index (χ0n) is 14.1. The van der Waals surface area contributed by atoms with Crippen molar-refractivity contribution < 1.29 is 14.3 Å². The third kappa shape index (κ3) is 4.59. The minimum atomic E-state index is -0.703. The van der Waals surface area contributed by atoms with Gasteiger partial charge in [0.1, 0.15) is 34.9 Å². The molecule has 138 valence electrons. The normalized spacial score (nSPS) is 12.3. The van der Waals surface area contributed by atoms with Crippen LogP contribution in [-0.2, 0) is 6.54 Å². The van der Waals surface area contributed by atoms with Gasteiger partial charge in [-0.2, -0.15) is 5.10 Å². The molecule has 3 N–H and O–H groups in total. The number of furan rings is 1. The van der Waals surface area contributed by atoms with Crippen molar-refractivity contribution in [3.63, 3.8) is 0 Å². The van der Waals surface area contributed by atoms with Gasteiger partial charge in [-0.3, -0.25) is 5.10 Å². The predicted molar refractivity (Wildman–Crippen MR) is 101 cm³/mol. The number of aliphatic hydroxyl groups excluding tert-OH is 1. The van der Waals surface area contributed by atoms with Crippen LogP contribution in [0.25, 0.3) is 11.5 Å². The van der Waals surface area contributed by atoms with E-state index in [2.05, 4.69) is 15.5 Å². The number of H-pyrrole nitrogens is 1. The Hall–Kier alpha value is -1.99. The first-order valence-electron chi connectivity index (χ1n) is 8.09. The van der Waals surface area contributed by atoms with Crippen LogP contribution in [0.5, 0.6) is 5.75 Å². The van der Waals surface area contributed by atoms with E-state index in [1.807, 2.05) is 19.1 Å². The number of hydrogen-bond acceptors (Lipinski definition) is 5. The first-order valence-corrected chi connectivity index (χ1v) is 8.85. The molecule has 2 heterocycles. The van der Waals surface area contributed by atoms with Crippen molar-refractivity contribution in [2.75, 3.05) is 13.2 Å². The summed E-state index contributed by atoms with van der Waals surface area (Å²) in [5.74, 6) is 2.01. The molecular weight excluding hydrogens is 377 g/mol. The Bertz CT molecular complexity index is 863. The van der Waals surface area contributed by atoms with Crippen LogP contribution in [0.4, 0.5) is 0 Å². The van der Waals surface area contributed by atoms with E-state index in [9.17, 15) is 5.11 Å². The van der Waals surface area contributed by atoms with Gasteiger partial charge >= 0.3 is 0 Å². The average molecular weight is 396 g/mol. The maximum absolute atomic E-state index is 10.1. The number of nitrogens with zero attached hydrogens (tertiary/aromatic N) is 1. The molecule has 6 nitrogen and oxygen atoms in total. The number of hydrogen-bond donors (Lipinski definition) is 3. The molecule has 0 saturated carbocycles. The molecule has 0 aliphatic rings. The van der Waals surface area contributed by atoms with Gasteiger partial charge in [0.25, 0.3) is 0 Å². The highest BCUT2D eigenvalue weighted by atomic mass is 35.5. The van der Waals surface area contributed by atoms with E-state index < -0.39 is 6.10 Å². The molecule has 2 aromatic heterocycles. The highest BCUT2D eigenvalue weighted by Crippen LogP contribution is 2.31. The quantitative estimate of drug-likeness (QED) is 0.539. The fourth-order valence-electron chi connectivity index (χ4n) is 2.44. The summed E-state index contributed by atoms with van der Waals surface area (Å²) in [4.78, 5) is 0. The fraction of sp³-hybridized carbons (Fsp3) is 0.278. The van der Waals surface area contributed by atoms with Crippen molar-refractivity contribution in [3.8, 4) is 17.2 Å². The summed E-state index contributed by atoms with van der Waals surface area (Å²) in [6.07, 6.45) is 1.03. The van der Waals surface area contributed by atoms with Gasteiger partial charge in [0.15, 0.2) is 5.76 Å². The minimum Gasteiger partial charge on any atom is -0.489 e. The van der Waals surface area contributed by atoms with Crippen molar-refractivity contribution >= 4 is 23.2 Å². The van der Waals surface area contributed by atoms with Gasteiger partial charge in [0.2, 0.25) is 0 Å². The molecule has 8 heteroatoms. The van der Waals surface area contributed by atoms with E-state index in [1.165, 1.54) is 0 Å². The van der Waals surface area contributed by atoms with Crippen molar-refractivity contribution in [1.29, 1.82) is 0 Å². The summed E-state index contributed by atoms with van der Waals surface area (Å²) < 4.78 is 11.1. The van der Waals surface area contributed by atoms with E-state index in [1.54, 1.807) is 24.4 Å². The molecule has 0 aliphatic heterocycles. The van der Waals surface area contributed by atoms with E-state index in [0.717, 1.165) is 22.8 Å². The number of halogens is 2. The molecular formula is C18H19Cl2N3O3. The lowest BCUT2D eigenvalue weighted by atomic mass is 10.2. The number of aromatic amines is 1. The van der Waals surface area contributed by atoms with E-state index in [4.69, 9.17) is 32.4 Å². The van der Waals surface area contributed by atoms with Crippen LogP contribution in [0.1, 0.15) is 11.3 Å². The second kappa shape index (κ2) is 8.60. The van der Waals surface area contributed by atoms with Crippen LogP contribution in [0, 0.1) is 6.92 Å². The van der Waals surface area contributed by atoms with Crippen molar-refractivity contribution in [2.24, 2.45) is 0 Å². The standard InChI is InChI=1S/C18H19Cl2N3O3/c1-11-5-6-16(26-11)18-12(8-22-23-18)7-21-9-13(24)10-25-15-4-2-3-14(19)17(15)20/h2-6,8,13,21,24H,7,9-10H2,1H3,(H,22,23). The summed E-state index contributed by atoms with van der Waals surface area (Å²) in [5.41, 5.74) is 1.77. The van der Waals surface area contributed by atoms with Crippen LogP contribution >= 0.6 is 23.2 Å². The van der Waals surface area contributed by atoms with Gasteiger partial charge in [0.05, 0.1) is 11.2 Å². The lowest BCUT2D eigenvalue weighted by Crippen LogP contribution is -2.31. The highest BCUT2D eigenvalue weighted by Gasteiger charge is 2.13. The zero-order valence-corrected chi connectivity index (χ0v) is 15.6. The maximum Gasteiger partial charge on any atom is 0.152 e. The Kier molecular flexibility index (Phi) is 6.21. The molecule has 0 radical (unpaired) electrons. The number of rotatable bonds is 8. The van der Waals surface area contributed by atoms with Crippen LogP contribution in [0.3, 0.4) is 0 Å². The Morgan fingerprint density at radius 3 is 2.92 bits per heavy atom. The SMILES string of the molecule is Cc1ccc(-c2[nH]ncc2CNCC(O)COc2cccc(Cl)c2Cl)o1. The summed E-state index contributed by atoms with van der Waals surface area (Å²) >= 11 is 12.0. The number of aryl methyl sites for hydroxylation is 1. The molecule has 0 saturated heterocycles. The number of benzene rings is 1. The van der Waals surface area contributed by atoms with Gasteiger partial charge in [-0.05, 0) is 31.2 Å². The molecule has 0 amide bonds. The van der Waals surface area contributed by atoms with Crippen molar-refractivity contribution in [1.82, 2.24) is 15.5 Å². The van der Waals surface area contributed by atoms with Gasteiger partial charge in [0, 0.05) is 18.7 Å². The molecule has 1 unspecified atom stereocenters. The van der Waals surface area contributed by atoms with Gasteiger partial charge in [-0.25, -0.2) is 0 Å². The number of ether oxygens (including phenoxy) is 1. The minimum absolute atomic E-state index is 0.0999. The van der Waals surface area contributed by atoms with E-state index in [-0.39, 0.29) is 6.61 Å². The monoisotopic (exact) mass is 395 g/mol. The Morgan fingerprint density at radius 2 is 2.15 bits per heavy atom. The topological polar surface area (TPSA) is 83.3 Å². The Labute approximate surface area is 161 Å². The smallest absolute Gasteiger partial charge is 0.152 e. The Morgan fingerprint density at radius 1 is 1.31 bits per heavy atom. The summed E-state index contributed by atoms with van der Waals surface area (Å²) in [7, 11) is 0. The molecule has 0 bridgehead atoms. The van der Waals surface area contributed by atoms with Gasteiger partial charge < -0.3 is 19.6 Å². The second-order valence-electron chi connectivity index (χ2n) is 5.83. The highest BCUT2D eigenvalue weighted by molar-refractivity contribution is 6.42. The second-order valence-corrected chi connectivity index (χ2v) is 6.61. The van der Waals surface area contributed by atoms with Gasteiger partial charge in [-0.15, -0.1) is 0 Å². The maximum atomic E-state index is 10.1. The molecule has 3 aromatic rings. The molecule has 3 rings (SSSR count). The fourth-order valence-corrected chi connectivity index (χ4v) is 2.79.